The zero-order chi connectivity index (χ0) is 13.8. The van der Waals surface area contributed by atoms with Crippen LogP contribution in [-0.4, -0.2) is 0 Å². The summed E-state index contributed by atoms with van der Waals surface area (Å²) in [5.41, 5.74) is 7.94. The van der Waals surface area contributed by atoms with Crippen LogP contribution in [0.15, 0.2) is 48.5 Å². The lowest BCUT2D eigenvalue weighted by Crippen LogP contribution is -2.19. The molecule has 100 valence electrons. The molecular formula is C16H17F2N. The van der Waals surface area contributed by atoms with Crippen molar-refractivity contribution in [3.05, 3.63) is 71.3 Å². The zero-order valence-electron chi connectivity index (χ0n) is 10.8. The van der Waals surface area contributed by atoms with Crippen LogP contribution in [0.1, 0.15) is 36.4 Å². The number of benzene rings is 2. The van der Waals surface area contributed by atoms with E-state index in [1.807, 2.05) is 37.3 Å². The maximum absolute atomic E-state index is 13.3. The first-order valence-electron chi connectivity index (χ1n) is 6.39. The highest BCUT2D eigenvalue weighted by molar-refractivity contribution is 5.28. The average Bonchev–Trinajstić information content (AvgIpc) is 2.44. The van der Waals surface area contributed by atoms with E-state index in [-0.39, 0.29) is 12.0 Å². The first-order chi connectivity index (χ1) is 9.13. The van der Waals surface area contributed by atoms with E-state index in [9.17, 15) is 8.78 Å². The van der Waals surface area contributed by atoms with E-state index in [1.165, 1.54) is 6.07 Å². The lowest BCUT2D eigenvalue weighted by Gasteiger charge is -2.23. The van der Waals surface area contributed by atoms with Crippen LogP contribution in [0, 0.1) is 11.6 Å². The van der Waals surface area contributed by atoms with Gasteiger partial charge in [0.1, 0.15) is 0 Å². The summed E-state index contributed by atoms with van der Waals surface area (Å²) in [7, 11) is 0. The number of hydrogen-bond donors (Lipinski definition) is 1. The minimum atomic E-state index is -0.851. The van der Waals surface area contributed by atoms with Gasteiger partial charge < -0.3 is 5.73 Å². The second-order valence-corrected chi connectivity index (χ2v) is 4.62. The fourth-order valence-corrected chi connectivity index (χ4v) is 2.35. The first kappa shape index (κ1) is 13.7. The van der Waals surface area contributed by atoms with Crippen LogP contribution in [0.3, 0.4) is 0 Å². The Morgan fingerprint density at radius 2 is 1.63 bits per heavy atom. The van der Waals surface area contributed by atoms with E-state index < -0.39 is 11.6 Å². The smallest absolute Gasteiger partial charge is 0.159 e. The summed E-state index contributed by atoms with van der Waals surface area (Å²) in [5.74, 6) is -1.61. The van der Waals surface area contributed by atoms with E-state index in [0.29, 0.717) is 5.56 Å². The van der Waals surface area contributed by atoms with Crippen molar-refractivity contribution >= 4 is 0 Å². The molecule has 2 atom stereocenters. The molecule has 1 nitrogen and oxygen atoms in total. The molecule has 0 aliphatic rings. The summed E-state index contributed by atoms with van der Waals surface area (Å²) in [6.45, 7) is 2.04. The molecule has 0 spiro atoms. The molecule has 0 radical (unpaired) electrons. The van der Waals surface area contributed by atoms with E-state index >= 15 is 0 Å². The Kier molecular flexibility index (Phi) is 4.27. The molecule has 0 aliphatic carbocycles. The second kappa shape index (κ2) is 5.93. The van der Waals surface area contributed by atoms with E-state index in [2.05, 4.69) is 0 Å². The minimum absolute atomic E-state index is 0.0889. The first-order valence-corrected chi connectivity index (χ1v) is 6.39. The fourth-order valence-electron chi connectivity index (χ4n) is 2.35. The largest absolute Gasteiger partial charge is 0.323 e. The average molecular weight is 261 g/mol. The van der Waals surface area contributed by atoms with E-state index in [1.54, 1.807) is 6.07 Å². The van der Waals surface area contributed by atoms with E-state index in [4.69, 9.17) is 5.73 Å². The van der Waals surface area contributed by atoms with Gasteiger partial charge in [0.15, 0.2) is 11.6 Å². The number of halogens is 2. The topological polar surface area (TPSA) is 26.0 Å². The van der Waals surface area contributed by atoms with E-state index in [0.717, 1.165) is 18.1 Å². The molecule has 2 unspecified atom stereocenters. The lowest BCUT2D eigenvalue weighted by atomic mass is 9.86. The van der Waals surface area contributed by atoms with Crippen LogP contribution in [0.2, 0.25) is 0 Å². The van der Waals surface area contributed by atoms with Gasteiger partial charge in [0, 0.05) is 12.0 Å². The Hall–Kier alpha value is -1.74. The SMILES string of the molecule is CCC(c1ccccc1)C(N)c1ccc(F)c(F)c1. The summed E-state index contributed by atoms with van der Waals surface area (Å²) in [4.78, 5) is 0. The van der Waals surface area contributed by atoms with Crippen molar-refractivity contribution in [3.63, 3.8) is 0 Å². The fraction of sp³-hybridized carbons (Fsp3) is 0.250. The molecule has 0 fully saturated rings. The molecule has 2 aromatic carbocycles. The van der Waals surface area contributed by atoms with Crippen molar-refractivity contribution in [3.8, 4) is 0 Å². The molecule has 3 heteroatoms. The molecule has 2 rings (SSSR count). The Bertz CT molecular complexity index is 540. The molecule has 0 aliphatic heterocycles. The molecule has 0 saturated heterocycles. The predicted octanol–water partition coefficient (Wildman–Crippen LogP) is 4.16. The predicted molar refractivity (Wildman–Crippen MR) is 72.8 cm³/mol. The summed E-state index contributed by atoms with van der Waals surface area (Å²) in [5, 5.41) is 0. The molecule has 2 N–H and O–H groups in total. The molecule has 19 heavy (non-hydrogen) atoms. The molecular weight excluding hydrogens is 244 g/mol. The Balaban J connectivity index is 2.30. The van der Waals surface area contributed by atoms with Gasteiger partial charge >= 0.3 is 0 Å². The summed E-state index contributed by atoms with van der Waals surface area (Å²) in [6, 6.07) is 13.4. The van der Waals surface area contributed by atoms with Gasteiger partial charge in [0.05, 0.1) is 0 Å². The van der Waals surface area contributed by atoms with Gasteiger partial charge in [-0.25, -0.2) is 8.78 Å². The van der Waals surface area contributed by atoms with Crippen LogP contribution < -0.4 is 5.73 Å². The highest BCUT2D eigenvalue weighted by Gasteiger charge is 2.20. The quantitative estimate of drug-likeness (QED) is 0.878. The molecule has 0 aromatic heterocycles. The monoisotopic (exact) mass is 261 g/mol. The van der Waals surface area contributed by atoms with Crippen LogP contribution >= 0.6 is 0 Å². The van der Waals surface area contributed by atoms with Crippen molar-refractivity contribution in [2.24, 2.45) is 5.73 Å². The second-order valence-electron chi connectivity index (χ2n) is 4.62. The van der Waals surface area contributed by atoms with Crippen molar-refractivity contribution in [2.75, 3.05) is 0 Å². The highest BCUT2D eigenvalue weighted by atomic mass is 19.2. The standard InChI is InChI=1S/C16H17F2N/c1-2-13(11-6-4-3-5-7-11)16(19)12-8-9-14(17)15(18)10-12/h3-10,13,16H,2,19H2,1H3. The van der Waals surface area contributed by atoms with Gasteiger partial charge in [-0.1, -0.05) is 43.3 Å². The van der Waals surface area contributed by atoms with Crippen LogP contribution in [-0.2, 0) is 0 Å². The van der Waals surface area contributed by atoms with Crippen LogP contribution in [0.5, 0.6) is 0 Å². The Morgan fingerprint density at radius 1 is 0.947 bits per heavy atom. The van der Waals surface area contributed by atoms with Gasteiger partial charge in [-0.2, -0.15) is 0 Å². The molecule has 0 saturated carbocycles. The molecule has 0 heterocycles. The van der Waals surface area contributed by atoms with Gasteiger partial charge in [-0.3, -0.25) is 0 Å². The number of nitrogens with two attached hydrogens (primary N) is 1. The lowest BCUT2D eigenvalue weighted by molar-refractivity contribution is 0.496. The molecule has 0 bridgehead atoms. The normalized spacial score (nSPS) is 14.1. The van der Waals surface area contributed by atoms with Gasteiger partial charge in [0.2, 0.25) is 0 Å². The summed E-state index contributed by atoms with van der Waals surface area (Å²) >= 11 is 0. The molecule has 0 amide bonds. The Morgan fingerprint density at radius 3 is 2.21 bits per heavy atom. The zero-order valence-corrected chi connectivity index (χ0v) is 10.8. The van der Waals surface area contributed by atoms with Crippen LogP contribution in [0.4, 0.5) is 8.78 Å². The summed E-state index contributed by atoms with van der Waals surface area (Å²) in [6.07, 6.45) is 0.837. The van der Waals surface area contributed by atoms with Crippen molar-refractivity contribution in [1.29, 1.82) is 0 Å². The third kappa shape index (κ3) is 2.99. The van der Waals surface area contributed by atoms with Crippen LogP contribution in [0.25, 0.3) is 0 Å². The maximum Gasteiger partial charge on any atom is 0.159 e. The third-order valence-electron chi connectivity index (χ3n) is 3.43. The van der Waals surface area contributed by atoms with Crippen molar-refractivity contribution in [1.82, 2.24) is 0 Å². The van der Waals surface area contributed by atoms with Crippen molar-refractivity contribution in [2.45, 2.75) is 25.3 Å². The number of hydrogen-bond acceptors (Lipinski definition) is 1. The van der Waals surface area contributed by atoms with Crippen molar-refractivity contribution < 1.29 is 8.78 Å². The van der Waals surface area contributed by atoms with Gasteiger partial charge in [0.25, 0.3) is 0 Å². The highest BCUT2D eigenvalue weighted by Crippen LogP contribution is 2.32. The van der Waals surface area contributed by atoms with Gasteiger partial charge in [-0.15, -0.1) is 0 Å². The third-order valence-corrected chi connectivity index (χ3v) is 3.43. The van der Waals surface area contributed by atoms with Gasteiger partial charge in [-0.05, 0) is 29.7 Å². The summed E-state index contributed by atoms with van der Waals surface area (Å²) < 4.78 is 26.2. The Labute approximate surface area is 112 Å². The number of rotatable bonds is 4. The molecule has 2 aromatic rings. The maximum atomic E-state index is 13.3. The minimum Gasteiger partial charge on any atom is -0.323 e.